The fourth-order valence-corrected chi connectivity index (χ4v) is 5.20. The zero-order chi connectivity index (χ0) is 27.0. The van der Waals surface area contributed by atoms with Crippen LogP contribution in [0.2, 0.25) is 0 Å². The number of amides is 1. The van der Waals surface area contributed by atoms with Gasteiger partial charge in [-0.3, -0.25) is 9.78 Å². The molecule has 1 aromatic carbocycles. The van der Waals surface area contributed by atoms with Crippen molar-refractivity contribution in [3.8, 4) is 11.5 Å². The van der Waals surface area contributed by atoms with Gasteiger partial charge in [-0.05, 0) is 60.8 Å². The Labute approximate surface area is 227 Å². The van der Waals surface area contributed by atoms with Crippen molar-refractivity contribution < 1.29 is 9.32 Å². The molecule has 10 heteroatoms. The molecule has 1 saturated heterocycles. The SMILES string of the molecule is CN1CCN(c2ccc(Nc3ncc4c(n3)-c3onc(C(=O)NCc5ccncc5)c3CC4(C)C)cc2)CC1. The molecule has 3 aromatic heterocycles. The van der Waals surface area contributed by atoms with Gasteiger partial charge in [0.15, 0.2) is 11.5 Å². The highest BCUT2D eigenvalue weighted by Gasteiger charge is 2.38. The minimum Gasteiger partial charge on any atom is -0.369 e. The first kappa shape index (κ1) is 25.0. The predicted octanol–water partition coefficient (Wildman–Crippen LogP) is 3.79. The van der Waals surface area contributed by atoms with E-state index in [-0.39, 0.29) is 11.3 Å². The number of pyridine rings is 1. The Balaban J connectivity index is 1.22. The summed E-state index contributed by atoms with van der Waals surface area (Å²) in [6, 6.07) is 12.1. The molecule has 200 valence electrons. The van der Waals surface area contributed by atoms with Crippen LogP contribution >= 0.6 is 0 Å². The first-order valence-corrected chi connectivity index (χ1v) is 13.2. The molecule has 1 aliphatic carbocycles. The number of carbonyl (C=O) groups is 1. The van der Waals surface area contributed by atoms with E-state index < -0.39 is 0 Å². The molecule has 1 aliphatic heterocycles. The fourth-order valence-electron chi connectivity index (χ4n) is 5.20. The fraction of sp³-hybridized carbons (Fsp3) is 0.345. The number of nitrogens with one attached hydrogen (secondary N) is 2. The van der Waals surface area contributed by atoms with Gasteiger partial charge in [-0.25, -0.2) is 9.97 Å². The molecule has 6 rings (SSSR count). The largest absolute Gasteiger partial charge is 0.369 e. The number of hydrogen-bond acceptors (Lipinski definition) is 9. The quantitative estimate of drug-likeness (QED) is 0.389. The van der Waals surface area contributed by atoms with Gasteiger partial charge in [0.2, 0.25) is 5.95 Å². The molecule has 4 aromatic rings. The van der Waals surface area contributed by atoms with Gasteiger partial charge in [-0.2, -0.15) is 0 Å². The van der Waals surface area contributed by atoms with Crippen LogP contribution in [0, 0.1) is 0 Å². The highest BCUT2D eigenvalue weighted by Crippen LogP contribution is 2.43. The number of aromatic nitrogens is 4. The second-order valence-electron chi connectivity index (χ2n) is 10.9. The number of anilines is 3. The summed E-state index contributed by atoms with van der Waals surface area (Å²) in [5.41, 5.74) is 5.46. The number of rotatable bonds is 6. The minimum atomic E-state index is -0.295. The van der Waals surface area contributed by atoms with Crippen molar-refractivity contribution in [1.82, 2.24) is 30.3 Å². The monoisotopic (exact) mass is 524 g/mol. The summed E-state index contributed by atoms with van der Waals surface area (Å²) in [6.07, 6.45) is 5.84. The van der Waals surface area contributed by atoms with E-state index in [0.717, 1.165) is 48.6 Å². The lowest BCUT2D eigenvalue weighted by Gasteiger charge is -2.34. The van der Waals surface area contributed by atoms with Crippen molar-refractivity contribution in [3.63, 3.8) is 0 Å². The maximum atomic E-state index is 13.0. The minimum absolute atomic E-state index is 0.274. The molecule has 0 atom stereocenters. The van der Waals surface area contributed by atoms with Gasteiger partial charge in [0.1, 0.15) is 5.69 Å². The summed E-state index contributed by atoms with van der Waals surface area (Å²) < 4.78 is 5.73. The highest BCUT2D eigenvalue weighted by molar-refractivity contribution is 5.95. The number of fused-ring (bicyclic) bond motifs is 3. The number of benzene rings is 1. The normalized spacial score (nSPS) is 16.3. The first-order valence-electron chi connectivity index (χ1n) is 13.2. The van der Waals surface area contributed by atoms with Crippen LogP contribution in [0.3, 0.4) is 0 Å². The number of carbonyl (C=O) groups excluding carboxylic acids is 1. The average molecular weight is 525 g/mol. The Kier molecular flexibility index (Phi) is 6.48. The van der Waals surface area contributed by atoms with Crippen LogP contribution in [0.25, 0.3) is 11.5 Å². The molecular weight excluding hydrogens is 492 g/mol. The Bertz CT molecular complexity index is 1480. The van der Waals surface area contributed by atoms with Crippen molar-refractivity contribution in [2.75, 3.05) is 43.4 Å². The molecule has 0 spiro atoms. The maximum absolute atomic E-state index is 13.0. The van der Waals surface area contributed by atoms with Crippen molar-refractivity contribution in [3.05, 3.63) is 77.4 Å². The van der Waals surface area contributed by atoms with Crippen LogP contribution in [0.4, 0.5) is 17.3 Å². The summed E-state index contributed by atoms with van der Waals surface area (Å²) in [7, 11) is 2.16. The molecule has 39 heavy (non-hydrogen) atoms. The zero-order valence-electron chi connectivity index (χ0n) is 22.4. The van der Waals surface area contributed by atoms with Crippen LogP contribution in [0.5, 0.6) is 0 Å². The van der Waals surface area contributed by atoms with E-state index in [0.29, 0.717) is 36.1 Å². The molecule has 2 aliphatic rings. The van der Waals surface area contributed by atoms with Crippen molar-refractivity contribution in [2.24, 2.45) is 0 Å². The van der Waals surface area contributed by atoms with Gasteiger partial charge >= 0.3 is 0 Å². The topological polar surface area (TPSA) is 112 Å². The summed E-state index contributed by atoms with van der Waals surface area (Å²) in [4.78, 5) is 31.2. The van der Waals surface area contributed by atoms with E-state index in [9.17, 15) is 4.79 Å². The molecule has 0 saturated carbocycles. The van der Waals surface area contributed by atoms with Crippen LogP contribution < -0.4 is 15.5 Å². The highest BCUT2D eigenvalue weighted by atomic mass is 16.5. The number of likely N-dealkylation sites (N-methyl/N-ethyl adjacent to an activating group) is 1. The average Bonchev–Trinajstić information content (AvgIpc) is 3.36. The van der Waals surface area contributed by atoms with Crippen LogP contribution in [0.1, 0.15) is 41.0 Å². The second-order valence-corrected chi connectivity index (χ2v) is 10.9. The maximum Gasteiger partial charge on any atom is 0.274 e. The molecular formula is C29H32N8O2. The number of nitrogens with zero attached hydrogens (tertiary/aromatic N) is 6. The lowest BCUT2D eigenvalue weighted by atomic mass is 9.74. The predicted molar refractivity (Wildman–Crippen MR) is 149 cm³/mol. The van der Waals surface area contributed by atoms with E-state index in [4.69, 9.17) is 9.51 Å². The molecule has 0 unspecified atom stereocenters. The lowest BCUT2D eigenvalue weighted by molar-refractivity contribution is 0.0941. The summed E-state index contributed by atoms with van der Waals surface area (Å²) in [5, 5.41) is 10.4. The van der Waals surface area contributed by atoms with E-state index in [1.165, 1.54) is 5.69 Å². The smallest absolute Gasteiger partial charge is 0.274 e. The molecule has 1 amide bonds. The third kappa shape index (κ3) is 5.07. The lowest BCUT2D eigenvalue weighted by Crippen LogP contribution is -2.44. The van der Waals surface area contributed by atoms with Crippen LogP contribution in [-0.4, -0.2) is 64.1 Å². The van der Waals surface area contributed by atoms with Gasteiger partial charge in [-0.1, -0.05) is 19.0 Å². The second kappa shape index (κ2) is 10.1. The molecule has 2 N–H and O–H groups in total. The first-order chi connectivity index (χ1) is 18.9. The number of piperazine rings is 1. The summed E-state index contributed by atoms with van der Waals surface area (Å²) in [6.45, 7) is 8.80. The third-order valence-electron chi connectivity index (χ3n) is 7.55. The van der Waals surface area contributed by atoms with Crippen molar-refractivity contribution in [1.29, 1.82) is 0 Å². The summed E-state index contributed by atoms with van der Waals surface area (Å²) in [5.74, 6) is 0.711. The van der Waals surface area contributed by atoms with Crippen LogP contribution in [0.15, 0.2) is 59.5 Å². The van der Waals surface area contributed by atoms with Gasteiger partial charge < -0.3 is 25.0 Å². The number of hydrogen-bond donors (Lipinski definition) is 2. The molecule has 4 heterocycles. The molecule has 0 radical (unpaired) electrons. The van der Waals surface area contributed by atoms with E-state index in [1.807, 2.05) is 30.5 Å². The van der Waals surface area contributed by atoms with Crippen LogP contribution in [-0.2, 0) is 18.4 Å². The van der Waals surface area contributed by atoms with E-state index >= 15 is 0 Å². The standard InChI is InChI=1S/C29H32N8O2/c1-29(2)16-22-24(27(38)31-17-19-8-10-30-11-9-19)35-39-26(22)25-23(29)18-32-28(34-25)33-20-4-6-21(7-5-20)37-14-12-36(3)13-15-37/h4-11,18H,12-17H2,1-3H3,(H,31,38)(H,32,33,34). The van der Waals surface area contributed by atoms with E-state index in [2.05, 4.69) is 68.6 Å². The molecule has 0 bridgehead atoms. The van der Waals surface area contributed by atoms with Gasteiger partial charge in [0.25, 0.3) is 5.91 Å². The Morgan fingerprint density at radius 1 is 1.05 bits per heavy atom. The molecule has 10 nitrogen and oxygen atoms in total. The Hall–Kier alpha value is -4.31. The van der Waals surface area contributed by atoms with Gasteiger partial charge in [0, 0.05) is 73.8 Å². The summed E-state index contributed by atoms with van der Waals surface area (Å²) >= 11 is 0. The van der Waals surface area contributed by atoms with Crippen molar-refractivity contribution >= 4 is 23.2 Å². The molecule has 1 fully saturated rings. The third-order valence-corrected chi connectivity index (χ3v) is 7.55. The van der Waals surface area contributed by atoms with Crippen molar-refractivity contribution in [2.45, 2.75) is 32.2 Å². The Morgan fingerprint density at radius 2 is 1.79 bits per heavy atom. The van der Waals surface area contributed by atoms with Gasteiger partial charge in [-0.15, -0.1) is 0 Å². The Morgan fingerprint density at radius 3 is 2.54 bits per heavy atom. The van der Waals surface area contributed by atoms with E-state index in [1.54, 1.807) is 12.4 Å². The zero-order valence-corrected chi connectivity index (χ0v) is 22.4. The van der Waals surface area contributed by atoms with Gasteiger partial charge in [0.05, 0.1) is 0 Å².